The van der Waals surface area contributed by atoms with Gasteiger partial charge in [0.25, 0.3) is 0 Å². The van der Waals surface area contributed by atoms with Gasteiger partial charge in [-0.15, -0.1) is 0 Å². The van der Waals surface area contributed by atoms with Crippen molar-refractivity contribution in [1.82, 2.24) is 0 Å². The zero-order valence-corrected chi connectivity index (χ0v) is 29.0. The lowest BCUT2D eigenvalue weighted by molar-refractivity contribution is 0.312. The smallest absolute Gasteiger partial charge is 0.150 e. The van der Waals surface area contributed by atoms with Crippen LogP contribution in [0, 0.1) is 0 Å². The molecule has 244 valence electrons. The van der Waals surface area contributed by atoms with Gasteiger partial charge in [-0.3, -0.25) is 0 Å². The number of ether oxygens (including phenoxy) is 1. The van der Waals surface area contributed by atoms with Crippen LogP contribution in [0.4, 0.5) is 22.7 Å². The van der Waals surface area contributed by atoms with Gasteiger partial charge in [-0.1, -0.05) is 131 Å². The lowest BCUT2D eigenvalue weighted by Crippen LogP contribution is -2.18. The first-order chi connectivity index (χ1) is 24.2. The van der Waals surface area contributed by atoms with Gasteiger partial charge in [-0.05, 0) is 97.9 Å². The number of nitrogens with zero attached hydrogens (tertiary/aromatic N) is 1. The largest absolute Gasteiger partial charge is 0.486 e. The maximum Gasteiger partial charge on any atom is 0.150 e. The quantitative estimate of drug-likeness (QED) is 0.182. The Morgan fingerprint density at radius 3 is 1.60 bits per heavy atom. The highest BCUT2D eigenvalue weighted by Gasteiger charge is 2.37. The highest BCUT2D eigenvalue weighted by Crippen LogP contribution is 2.53. The second kappa shape index (κ2) is 11.1. The SMILES string of the molecule is CC1(C)c2ccccc2-c2ccc(N(c3ccc(COc4c(N)ccc5ccccc45)cc3)c3ccc4c(c3)C(C)(C)c3ccccc3-4)cc21. The molecule has 0 amide bonds. The summed E-state index contributed by atoms with van der Waals surface area (Å²) in [5, 5.41) is 2.14. The van der Waals surface area contributed by atoms with Gasteiger partial charge in [0.2, 0.25) is 0 Å². The molecule has 2 N–H and O–H groups in total. The van der Waals surface area contributed by atoms with Crippen molar-refractivity contribution in [2.75, 3.05) is 10.6 Å². The first-order valence-electron chi connectivity index (χ1n) is 17.5. The van der Waals surface area contributed by atoms with Crippen molar-refractivity contribution >= 4 is 33.5 Å². The molecule has 0 spiro atoms. The van der Waals surface area contributed by atoms with Gasteiger partial charge in [0.15, 0.2) is 5.75 Å². The topological polar surface area (TPSA) is 38.5 Å². The monoisotopic (exact) mass is 648 g/mol. The van der Waals surface area contributed by atoms with E-state index in [0.717, 1.165) is 39.1 Å². The molecule has 3 nitrogen and oxygen atoms in total. The van der Waals surface area contributed by atoms with E-state index in [1.807, 2.05) is 24.3 Å². The first-order valence-corrected chi connectivity index (χ1v) is 17.5. The van der Waals surface area contributed by atoms with E-state index in [1.165, 1.54) is 44.5 Å². The van der Waals surface area contributed by atoms with Crippen LogP contribution in [0.3, 0.4) is 0 Å². The fourth-order valence-corrected chi connectivity index (χ4v) is 8.43. The van der Waals surface area contributed by atoms with Crippen LogP contribution >= 0.6 is 0 Å². The Morgan fingerprint density at radius 1 is 0.500 bits per heavy atom. The molecule has 0 aliphatic heterocycles. The summed E-state index contributed by atoms with van der Waals surface area (Å²) in [5.41, 5.74) is 22.1. The van der Waals surface area contributed by atoms with Crippen LogP contribution in [-0.2, 0) is 17.4 Å². The Hall–Kier alpha value is -5.80. The molecule has 2 aliphatic rings. The molecule has 0 atom stereocenters. The standard InChI is InChI=1S/C47H40N2O/c1-46(2)40-15-9-7-13-36(40)38-24-22-33(27-42(38)46)49(34-23-25-39-37-14-8-10-16-41(37)47(3,4)43(39)28-34)32-20-17-30(18-21-32)29-50-45-35-12-6-5-11-31(35)19-26-44(45)48/h5-28H,29,48H2,1-4H3. The molecule has 0 heterocycles. The zero-order chi connectivity index (χ0) is 34.2. The van der Waals surface area contributed by atoms with E-state index in [9.17, 15) is 0 Å². The lowest BCUT2D eigenvalue weighted by atomic mass is 9.82. The van der Waals surface area contributed by atoms with Gasteiger partial charge in [-0.2, -0.15) is 0 Å². The molecule has 0 unspecified atom stereocenters. The van der Waals surface area contributed by atoms with Crippen molar-refractivity contribution in [2.24, 2.45) is 0 Å². The van der Waals surface area contributed by atoms with Gasteiger partial charge in [-0.25, -0.2) is 0 Å². The van der Waals surface area contributed by atoms with Gasteiger partial charge in [0, 0.05) is 33.3 Å². The first kappa shape index (κ1) is 30.3. The normalized spacial score (nSPS) is 14.5. The lowest BCUT2D eigenvalue weighted by Gasteiger charge is -2.30. The Labute approximate surface area is 294 Å². The maximum atomic E-state index is 6.38. The number of fused-ring (bicyclic) bond motifs is 7. The number of benzene rings is 7. The maximum absolute atomic E-state index is 6.38. The molecule has 0 saturated heterocycles. The molecule has 7 aromatic rings. The van der Waals surface area contributed by atoms with Gasteiger partial charge >= 0.3 is 0 Å². The Morgan fingerprint density at radius 2 is 1.00 bits per heavy atom. The fraction of sp³-hybridized carbons (Fsp3) is 0.149. The fourth-order valence-electron chi connectivity index (χ4n) is 8.43. The van der Waals surface area contributed by atoms with Crippen LogP contribution in [-0.4, -0.2) is 0 Å². The summed E-state index contributed by atoms with van der Waals surface area (Å²) >= 11 is 0. The summed E-state index contributed by atoms with van der Waals surface area (Å²) in [6, 6.07) is 52.6. The molecule has 0 aromatic heterocycles. The Bertz CT molecular complexity index is 2350. The zero-order valence-electron chi connectivity index (χ0n) is 29.0. The number of rotatable bonds is 6. The summed E-state index contributed by atoms with van der Waals surface area (Å²) < 4.78 is 6.38. The molecule has 7 aromatic carbocycles. The minimum atomic E-state index is -0.0974. The van der Waals surface area contributed by atoms with E-state index < -0.39 is 0 Å². The van der Waals surface area contributed by atoms with Crippen molar-refractivity contribution < 1.29 is 4.74 Å². The van der Waals surface area contributed by atoms with Crippen LogP contribution in [0.25, 0.3) is 33.0 Å². The van der Waals surface area contributed by atoms with Crippen molar-refractivity contribution in [3.8, 4) is 28.0 Å². The number of nitrogen functional groups attached to an aromatic ring is 1. The average molecular weight is 649 g/mol. The summed E-state index contributed by atoms with van der Waals surface area (Å²) in [7, 11) is 0. The van der Waals surface area contributed by atoms with E-state index >= 15 is 0 Å². The molecule has 9 rings (SSSR count). The molecule has 0 radical (unpaired) electrons. The highest BCUT2D eigenvalue weighted by atomic mass is 16.5. The van der Waals surface area contributed by atoms with Crippen molar-refractivity contribution in [1.29, 1.82) is 0 Å². The van der Waals surface area contributed by atoms with E-state index in [4.69, 9.17) is 10.5 Å². The summed E-state index contributed by atoms with van der Waals surface area (Å²) in [6.45, 7) is 9.81. The van der Waals surface area contributed by atoms with E-state index in [-0.39, 0.29) is 10.8 Å². The van der Waals surface area contributed by atoms with Crippen LogP contribution in [0.2, 0.25) is 0 Å². The summed E-state index contributed by atoms with van der Waals surface area (Å²) in [4.78, 5) is 2.41. The van der Waals surface area contributed by atoms with Crippen molar-refractivity contribution in [3.63, 3.8) is 0 Å². The summed E-state index contributed by atoms with van der Waals surface area (Å²) in [5.74, 6) is 0.734. The molecule has 3 heteroatoms. The van der Waals surface area contributed by atoms with Gasteiger partial charge < -0.3 is 15.4 Å². The number of nitrogens with two attached hydrogens (primary N) is 1. The second-order valence-electron chi connectivity index (χ2n) is 14.8. The van der Waals surface area contributed by atoms with E-state index in [1.54, 1.807) is 0 Å². The average Bonchev–Trinajstić information content (AvgIpc) is 3.51. The van der Waals surface area contributed by atoms with Gasteiger partial charge in [0.1, 0.15) is 6.61 Å². The van der Waals surface area contributed by atoms with E-state index in [0.29, 0.717) is 12.3 Å². The molecule has 50 heavy (non-hydrogen) atoms. The second-order valence-corrected chi connectivity index (χ2v) is 14.8. The van der Waals surface area contributed by atoms with E-state index in [2.05, 4.69) is 154 Å². The number of anilines is 4. The van der Waals surface area contributed by atoms with Crippen molar-refractivity contribution in [2.45, 2.75) is 45.1 Å². The van der Waals surface area contributed by atoms with Gasteiger partial charge in [0.05, 0.1) is 5.69 Å². The Kier molecular flexibility index (Phi) is 6.73. The minimum Gasteiger partial charge on any atom is -0.486 e. The third-order valence-electron chi connectivity index (χ3n) is 11.1. The van der Waals surface area contributed by atoms with Crippen LogP contribution in [0.5, 0.6) is 5.75 Å². The predicted octanol–water partition coefficient (Wildman–Crippen LogP) is 12.1. The predicted molar refractivity (Wildman–Crippen MR) is 209 cm³/mol. The third kappa shape index (κ3) is 4.57. The molecule has 0 fully saturated rings. The number of hydrogen-bond acceptors (Lipinski definition) is 3. The minimum absolute atomic E-state index is 0.0974. The third-order valence-corrected chi connectivity index (χ3v) is 11.1. The molecule has 0 bridgehead atoms. The molecule has 0 saturated carbocycles. The number of hydrogen-bond donors (Lipinski definition) is 1. The van der Waals surface area contributed by atoms with Crippen LogP contribution < -0.4 is 15.4 Å². The molecular formula is C47H40N2O. The Balaban J connectivity index is 1.12. The summed E-state index contributed by atoms with van der Waals surface area (Å²) in [6.07, 6.45) is 0. The molecule has 2 aliphatic carbocycles. The highest BCUT2D eigenvalue weighted by molar-refractivity contribution is 5.93. The molecular weight excluding hydrogens is 609 g/mol. The van der Waals surface area contributed by atoms with Crippen LogP contribution in [0.15, 0.2) is 146 Å². The van der Waals surface area contributed by atoms with Crippen molar-refractivity contribution in [3.05, 3.63) is 173 Å². The van der Waals surface area contributed by atoms with Crippen LogP contribution in [0.1, 0.15) is 55.5 Å².